The number of nitrogens with zero attached hydrogens (tertiary/aromatic N) is 2. The average Bonchev–Trinajstić information content (AvgIpc) is 3.96. The van der Waals surface area contributed by atoms with Gasteiger partial charge in [0.05, 0.1) is 0 Å². The molecule has 2 fully saturated rings. The molecule has 4 bridgehead atoms. The Bertz CT molecular complexity index is 2200. The Morgan fingerprint density at radius 1 is 0.500 bits per heavy atom. The smallest absolute Gasteiger partial charge is 0.308 e. The Labute approximate surface area is 292 Å². The fourth-order valence-corrected chi connectivity index (χ4v) is 10.9. The second-order valence-corrected chi connectivity index (χ2v) is 15.6. The minimum absolute atomic E-state index is 0.0806. The zero-order chi connectivity index (χ0) is 33.4. The summed E-state index contributed by atoms with van der Waals surface area (Å²) < 4.78 is 12.7. The molecule has 6 aliphatic rings. The summed E-state index contributed by atoms with van der Waals surface area (Å²) in [5, 5.41) is 4.99. The fourth-order valence-electron chi connectivity index (χ4n) is 10.9. The lowest BCUT2D eigenvalue weighted by atomic mass is 9.76. The molecule has 4 atom stereocenters. The van der Waals surface area contributed by atoms with Crippen LogP contribution < -0.4 is 19.3 Å². The maximum atomic E-state index is 12.9. The SMILES string of the molecule is CC(=O)Oc1c2c(c(OC(C)=O)c3c1[C@H]1C[C@@H]3c3cc4cc(N5CCCC5)ccc4cc31)[C@H]1C[C@@H]2c2cc3ccc(N4CCCC4)cc3cc21. The van der Waals surface area contributed by atoms with Crippen molar-refractivity contribution in [3.05, 3.63) is 105 Å². The van der Waals surface area contributed by atoms with E-state index in [2.05, 4.69) is 70.5 Å². The lowest BCUT2D eigenvalue weighted by Gasteiger charge is -2.31. The summed E-state index contributed by atoms with van der Waals surface area (Å²) in [6.07, 6.45) is 6.79. The second-order valence-electron chi connectivity index (χ2n) is 15.6. The first-order valence-electron chi connectivity index (χ1n) is 18.7. The van der Waals surface area contributed by atoms with Crippen LogP contribution in [0.25, 0.3) is 21.5 Å². The van der Waals surface area contributed by atoms with Gasteiger partial charge in [-0.05, 0) is 107 Å². The molecule has 0 aromatic heterocycles. The van der Waals surface area contributed by atoms with Crippen molar-refractivity contribution in [3.8, 4) is 11.5 Å². The van der Waals surface area contributed by atoms with Gasteiger partial charge in [0.15, 0.2) is 0 Å². The number of benzene rings is 5. The van der Waals surface area contributed by atoms with E-state index in [-0.39, 0.29) is 35.6 Å². The molecule has 6 nitrogen and oxygen atoms in total. The third-order valence-corrected chi connectivity index (χ3v) is 12.9. The minimum Gasteiger partial charge on any atom is -0.426 e. The van der Waals surface area contributed by atoms with Crippen LogP contribution in [0.5, 0.6) is 11.5 Å². The number of anilines is 2. The summed E-state index contributed by atoms with van der Waals surface area (Å²) in [6.45, 7) is 7.49. The van der Waals surface area contributed by atoms with Crippen molar-refractivity contribution in [1.29, 1.82) is 0 Å². The first kappa shape index (κ1) is 28.9. The molecule has 5 aromatic carbocycles. The van der Waals surface area contributed by atoms with Crippen LogP contribution in [-0.2, 0) is 9.59 Å². The molecule has 11 rings (SSSR count). The largest absolute Gasteiger partial charge is 0.426 e. The zero-order valence-corrected chi connectivity index (χ0v) is 28.7. The summed E-state index contributed by atoms with van der Waals surface area (Å²) >= 11 is 0. The molecule has 0 radical (unpaired) electrons. The molecule has 2 aliphatic heterocycles. The van der Waals surface area contributed by atoms with Crippen molar-refractivity contribution in [1.82, 2.24) is 0 Å². The average molecular weight is 661 g/mol. The van der Waals surface area contributed by atoms with Gasteiger partial charge in [-0.2, -0.15) is 0 Å². The molecule has 0 unspecified atom stereocenters. The quantitative estimate of drug-likeness (QED) is 0.142. The molecule has 0 spiro atoms. The highest BCUT2D eigenvalue weighted by atomic mass is 16.5. The van der Waals surface area contributed by atoms with E-state index < -0.39 is 0 Å². The van der Waals surface area contributed by atoms with Crippen molar-refractivity contribution >= 4 is 44.9 Å². The molecule has 50 heavy (non-hydrogen) atoms. The summed E-state index contributed by atoms with van der Waals surface area (Å²) in [7, 11) is 0. The van der Waals surface area contributed by atoms with Crippen LogP contribution in [0.15, 0.2) is 60.7 Å². The molecule has 0 amide bonds. The summed E-state index contributed by atoms with van der Waals surface area (Å²) in [5.41, 5.74) is 12.1. The Hall–Kier alpha value is -4.84. The van der Waals surface area contributed by atoms with Gasteiger partial charge in [0.25, 0.3) is 0 Å². The van der Waals surface area contributed by atoms with Crippen molar-refractivity contribution in [3.63, 3.8) is 0 Å². The number of carbonyl (C=O) groups is 2. The number of fused-ring (bicyclic) bond motifs is 18. The van der Waals surface area contributed by atoms with E-state index in [1.165, 1.54) is 94.7 Å². The van der Waals surface area contributed by atoms with E-state index in [1.54, 1.807) is 0 Å². The predicted molar refractivity (Wildman–Crippen MR) is 196 cm³/mol. The van der Waals surface area contributed by atoms with Crippen LogP contribution in [0, 0.1) is 0 Å². The first-order valence-corrected chi connectivity index (χ1v) is 18.7. The Morgan fingerprint density at radius 3 is 1.18 bits per heavy atom. The van der Waals surface area contributed by atoms with Crippen LogP contribution in [-0.4, -0.2) is 38.1 Å². The van der Waals surface area contributed by atoms with Crippen molar-refractivity contribution in [2.45, 2.75) is 76.0 Å². The summed E-state index contributed by atoms with van der Waals surface area (Å²) in [5.74, 6) is 1.18. The molecule has 250 valence electrons. The summed E-state index contributed by atoms with van der Waals surface area (Å²) in [4.78, 5) is 30.8. The van der Waals surface area contributed by atoms with E-state index in [0.717, 1.165) is 72.8 Å². The number of hydrogen-bond donors (Lipinski definition) is 0. The van der Waals surface area contributed by atoms with Crippen LogP contribution in [0.4, 0.5) is 11.4 Å². The van der Waals surface area contributed by atoms with Gasteiger partial charge in [0, 0.05) is 97.3 Å². The normalized spacial score (nSPS) is 23.5. The van der Waals surface area contributed by atoms with E-state index in [1.807, 2.05) is 0 Å². The molecule has 5 aromatic rings. The van der Waals surface area contributed by atoms with Gasteiger partial charge in [0.2, 0.25) is 0 Å². The lowest BCUT2D eigenvalue weighted by Crippen LogP contribution is -2.18. The highest BCUT2D eigenvalue weighted by Crippen LogP contribution is 2.69. The van der Waals surface area contributed by atoms with Gasteiger partial charge in [-0.3, -0.25) is 9.59 Å². The Balaban J connectivity index is 1.09. The maximum Gasteiger partial charge on any atom is 0.308 e. The van der Waals surface area contributed by atoms with E-state index in [9.17, 15) is 9.59 Å². The van der Waals surface area contributed by atoms with Crippen LogP contribution in [0.3, 0.4) is 0 Å². The Kier molecular flexibility index (Phi) is 5.99. The molecule has 0 N–H and O–H groups in total. The summed E-state index contributed by atoms with van der Waals surface area (Å²) in [6, 6.07) is 23.3. The molecule has 4 aliphatic carbocycles. The van der Waals surface area contributed by atoms with Crippen LogP contribution in [0.2, 0.25) is 0 Å². The topological polar surface area (TPSA) is 59.1 Å². The van der Waals surface area contributed by atoms with Gasteiger partial charge >= 0.3 is 11.9 Å². The molecule has 0 saturated carbocycles. The molecular formula is C44H40N2O4. The third-order valence-electron chi connectivity index (χ3n) is 12.9. The number of carbonyl (C=O) groups excluding carboxylic acids is 2. The highest BCUT2D eigenvalue weighted by Gasteiger charge is 2.53. The van der Waals surface area contributed by atoms with E-state index in [0.29, 0.717) is 0 Å². The molecule has 2 saturated heterocycles. The van der Waals surface area contributed by atoms with Crippen LogP contribution in [0.1, 0.15) is 121 Å². The fraction of sp³-hybridized carbons (Fsp3) is 0.364. The molecule has 2 heterocycles. The van der Waals surface area contributed by atoms with Gasteiger partial charge in [0.1, 0.15) is 11.5 Å². The molecule has 6 heteroatoms. The Morgan fingerprint density at radius 2 is 0.840 bits per heavy atom. The van der Waals surface area contributed by atoms with Gasteiger partial charge in [-0.15, -0.1) is 0 Å². The van der Waals surface area contributed by atoms with E-state index in [4.69, 9.17) is 9.47 Å². The van der Waals surface area contributed by atoms with Crippen molar-refractivity contribution in [2.24, 2.45) is 0 Å². The van der Waals surface area contributed by atoms with Gasteiger partial charge in [-0.1, -0.05) is 36.4 Å². The maximum absolute atomic E-state index is 12.9. The van der Waals surface area contributed by atoms with Gasteiger partial charge in [-0.25, -0.2) is 0 Å². The van der Waals surface area contributed by atoms with Crippen molar-refractivity contribution < 1.29 is 19.1 Å². The predicted octanol–water partition coefficient (Wildman–Crippen LogP) is 9.01. The van der Waals surface area contributed by atoms with Crippen LogP contribution >= 0.6 is 0 Å². The number of hydrogen-bond acceptors (Lipinski definition) is 6. The monoisotopic (exact) mass is 660 g/mol. The number of ether oxygens (including phenoxy) is 2. The molecular weight excluding hydrogens is 620 g/mol. The standard InChI is InChI=1S/C44H40N2O4/c1-23(47)49-43-39-35-21-37(33-19-27-15-29(45-11-3-4-12-45)9-7-25(27)17-31(33)35)41(39)44(50-24(2)48)42-38-22-36(40(42)43)32-18-26-8-10-30(46-13-5-6-14-46)16-28(26)20-34(32)38/h7-10,15-20,35-38H,3-6,11-14,21-22H2,1-2H3/t35-,36+,37+,38-. The minimum atomic E-state index is -0.304. The first-order chi connectivity index (χ1) is 24.4. The second kappa shape index (κ2) is 10.3. The lowest BCUT2D eigenvalue weighted by molar-refractivity contribution is -0.133. The third kappa shape index (κ3) is 3.96. The van der Waals surface area contributed by atoms with Crippen molar-refractivity contribution in [2.75, 3.05) is 36.0 Å². The highest BCUT2D eigenvalue weighted by molar-refractivity contribution is 5.92. The van der Waals surface area contributed by atoms with Gasteiger partial charge < -0.3 is 19.3 Å². The zero-order valence-electron chi connectivity index (χ0n) is 28.7. The van der Waals surface area contributed by atoms with E-state index >= 15 is 0 Å². The number of rotatable bonds is 4. The number of esters is 2.